The molecule has 202 valence electrons. The maximum absolute atomic E-state index is 14.8. The van der Waals surface area contributed by atoms with Crippen LogP contribution in [0.1, 0.15) is 18.5 Å². The van der Waals surface area contributed by atoms with E-state index in [2.05, 4.69) is 15.2 Å². The molecule has 1 N–H and O–H groups in total. The van der Waals surface area contributed by atoms with Gasteiger partial charge in [0.15, 0.2) is 6.61 Å². The Morgan fingerprint density at radius 1 is 1.05 bits per heavy atom. The molecule has 0 bridgehead atoms. The summed E-state index contributed by atoms with van der Waals surface area (Å²) in [6, 6.07) is 6.37. The Hall–Kier alpha value is -4.14. The summed E-state index contributed by atoms with van der Waals surface area (Å²) in [6.07, 6.45) is -0.327. The molecule has 38 heavy (non-hydrogen) atoms. The molecule has 0 aliphatic carbocycles. The van der Waals surface area contributed by atoms with E-state index < -0.39 is 47.9 Å². The van der Waals surface area contributed by atoms with E-state index in [1.165, 1.54) is 48.5 Å². The number of aromatic nitrogens is 6. The molecule has 0 saturated carbocycles. The molecule has 0 aliphatic rings. The van der Waals surface area contributed by atoms with E-state index in [0.29, 0.717) is 6.07 Å². The van der Waals surface area contributed by atoms with Crippen molar-refractivity contribution in [1.82, 2.24) is 29.1 Å². The van der Waals surface area contributed by atoms with Crippen LogP contribution < -0.4 is 10.4 Å². The summed E-state index contributed by atoms with van der Waals surface area (Å²) in [6.45, 7) is -0.506. The average Bonchev–Trinajstić information content (AvgIpc) is 3.52. The van der Waals surface area contributed by atoms with Gasteiger partial charge in [0.1, 0.15) is 42.0 Å². The maximum atomic E-state index is 14.8. The van der Waals surface area contributed by atoms with Crippen molar-refractivity contribution in [3.05, 3.63) is 89.1 Å². The third kappa shape index (κ3) is 5.27. The number of hydrogen-bond acceptors (Lipinski definition) is 6. The quantitative estimate of drug-likeness (QED) is 0.309. The molecule has 15 heteroatoms. The highest BCUT2D eigenvalue weighted by atomic mass is 19.3. The molecule has 2 atom stereocenters. The van der Waals surface area contributed by atoms with Gasteiger partial charge in [0.2, 0.25) is 0 Å². The zero-order chi connectivity index (χ0) is 27.7. The van der Waals surface area contributed by atoms with Crippen LogP contribution in [0.4, 0.5) is 26.3 Å². The average molecular weight is 542 g/mol. The molecule has 2 aromatic carbocycles. The predicted octanol–water partition coefficient (Wildman–Crippen LogP) is 3.33. The lowest BCUT2D eigenvalue weighted by Gasteiger charge is -2.34. The minimum Gasteiger partial charge on any atom is -0.487 e. The zero-order valence-electron chi connectivity index (χ0n) is 19.6. The normalized spacial score (nSPS) is 14.4. The van der Waals surface area contributed by atoms with Crippen LogP contribution in [0.3, 0.4) is 0 Å². The molecule has 9 nitrogen and oxygen atoms in total. The molecule has 2 heterocycles. The van der Waals surface area contributed by atoms with Crippen LogP contribution in [0.2, 0.25) is 0 Å². The molecule has 0 unspecified atom stereocenters. The number of aliphatic hydroxyl groups is 1. The van der Waals surface area contributed by atoms with Gasteiger partial charge in [-0.25, -0.2) is 41.3 Å². The van der Waals surface area contributed by atoms with Crippen LogP contribution >= 0.6 is 0 Å². The number of nitrogens with zero attached hydrogens (tertiary/aromatic N) is 6. The first-order chi connectivity index (χ1) is 17.9. The van der Waals surface area contributed by atoms with Gasteiger partial charge < -0.3 is 9.84 Å². The van der Waals surface area contributed by atoms with Crippen LogP contribution in [0, 0.1) is 11.6 Å². The van der Waals surface area contributed by atoms with Gasteiger partial charge in [-0.3, -0.25) is 0 Å². The maximum Gasteiger partial charge on any atom is 0.350 e. The van der Waals surface area contributed by atoms with E-state index in [1.54, 1.807) is 0 Å². The van der Waals surface area contributed by atoms with Crippen LogP contribution in [-0.4, -0.2) is 53.2 Å². The fourth-order valence-corrected chi connectivity index (χ4v) is 3.75. The first-order valence-corrected chi connectivity index (χ1v) is 11.0. The van der Waals surface area contributed by atoms with Crippen molar-refractivity contribution in [1.29, 1.82) is 0 Å². The topological polar surface area (TPSA) is 100.0 Å². The second kappa shape index (κ2) is 10.3. The highest BCUT2D eigenvalue weighted by Crippen LogP contribution is 2.36. The molecule has 4 aromatic rings. The van der Waals surface area contributed by atoms with Gasteiger partial charge in [-0.15, -0.1) is 0 Å². The van der Waals surface area contributed by atoms with Gasteiger partial charge in [0.25, 0.3) is 0 Å². The SMILES string of the molecule is C[C@H](n1ncn(-c2ccc(OCC(F)(F)C(F)F)cc2)c1=O)[C@@](O)(Cn1cncn1)c1ccc(F)cc1F. The van der Waals surface area contributed by atoms with Crippen molar-refractivity contribution >= 4 is 0 Å². The van der Waals surface area contributed by atoms with E-state index in [4.69, 9.17) is 4.74 Å². The molecular formula is C23H20F6N6O3. The predicted molar refractivity (Wildman–Crippen MR) is 119 cm³/mol. The lowest BCUT2D eigenvalue weighted by atomic mass is 9.86. The van der Waals surface area contributed by atoms with Gasteiger partial charge in [0, 0.05) is 11.6 Å². The van der Waals surface area contributed by atoms with Crippen molar-refractivity contribution < 1.29 is 36.2 Å². The second-order valence-corrected chi connectivity index (χ2v) is 8.39. The smallest absolute Gasteiger partial charge is 0.350 e. The largest absolute Gasteiger partial charge is 0.487 e. The molecule has 0 spiro atoms. The lowest BCUT2D eigenvalue weighted by molar-refractivity contribution is -0.148. The summed E-state index contributed by atoms with van der Waals surface area (Å²) < 4.78 is 87.0. The van der Waals surface area contributed by atoms with Gasteiger partial charge in [-0.1, -0.05) is 6.07 Å². The van der Waals surface area contributed by atoms with Crippen LogP contribution in [0.5, 0.6) is 5.75 Å². The lowest BCUT2D eigenvalue weighted by Crippen LogP contribution is -2.44. The van der Waals surface area contributed by atoms with Gasteiger partial charge >= 0.3 is 18.0 Å². The first kappa shape index (κ1) is 26.9. The Morgan fingerprint density at radius 2 is 1.76 bits per heavy atom. The molecular weight excluding hydrogens is 522 g/mol. The Kier molecular flexibility index (Phi) is 7.31. The molecule has 4 rings (SSSR count). The number of benzene rings is 2. The molecule has 0 fully saturated rings. The Balaban J connectivity index is 1.64. The van der Waals surface area contributed by atoms with E-state index in [-0.39, 0.29) is 23.5 Å². The summed E-state index contributed by atoms with van der Waals surface area (Å²) in [4.78, 5) is 17.0. The zero-order valence-corrected chi connectivity index (χ0v) is 19.6. The number of halogens is 6. The van der Waals surface area contributed by atoms with Crippen molar-refractivity contribution in [2.45, 2.75) is 37.5 Å². The van der Waals surface area contributed by atoms with Gasteiger partial charge in [0.05, 0.1) is 18.3 Å². The van der Waals surface area contributed by atoms with Gasteiger partial charge in [-0.2, -0.15) is 19.0 Å². The summed E-state index contributed by atoms with van der Waals surface area (Å²) in [5.41, 5.74) is -3.03. The molecule has 0 amide bonds. The van der Waals surface area contributed by atoms with Crippen molar-refractivity contribution in [2.75, 3.05) is 6.61 Å². The summed E-state index contributed by atoms with van der Waals surface area (Å²) >= 11 is 0. The molecule has 2 aromatic heterocycles. The van der Waals surface area contributed by atoms with E-state index >= 15 is 0 Å². The number of alkyl halides is 4. The fourth-order valence-electron chi connectivity index (χ4n) is 3.75. The Morgan fingerprint density at radius 3 is 2.37 bits per heavy atom. The van der Waals surface area contributed by atoms with Crippen molar-refractivity contribution in [3.63, 3.8) is 0 Å². The highest BCUT2D eigenvalue weighted by molar-refractivity contribution is 5.37. The molecule has 0 saturated heterocycles. The Labute approximate surface area is 210 Å². The van der Waals surface area contributed by atoms with E-state index in [0.717, 1.165) is 27.7 Å². The van der Waals surface area contributed by atoms with Crippen molar-refractivity contribution in [2.24, 2.45) is 0 Å². The third-order valence-electron chi connectivity index (χ3n) is 5.88. The van der Waals surface area contributed by atoms with E-state index in [1.807, 2.05) is 0 Å². The second-order valence-electron chi connectivity index (χ2n) is 8.39. The minimum absolute atomic E-state index is 0.142. The number of hydrogen-bond donors (Lipinski definition) is 1. The minimum atomic E-state index is -4.33. The van der Waals surface area contributed by atoms with Crippen molar-refractivity contribution in [3.8, 4) is 11.4 Å². The van der Waals surface area contributed by atoms with Gasteiger partial charge in [-0.05, 0) is 37.3 Å². The summed E-state index contributed by atoms with van der Waals surface area (Å²) in [7, 11) is 0. The van der Waals surface area contributed by atoms with Crippen LogP contribution in [0.25, 0.3) is 5.69 Å². The fraction of sp³-hybridized carbons (Fsp3) is 0.304. The van der Waals surface area contributed by atoms with E-state index in [9.17, 15) is 36.2 Å². The molecule has 0 aliphatic heterocycles. The monoisotopic (exact) mass is 542 g/mol. The van der Waals surface area contributed by atoms with Crippen LogP contribution in [-0.2, 0) is 12.1 Å². The molecule has 0 radical (unpaired) electrons. The number of rotatable bonds is 10. The third-order valence-corrected chi connectivity index (χ3v) is 5.88. The van der Waals surface area contributed by atoms with Crippen LogP contribution in [0.15, 0.2) is 66.2 Å². The summed E-state index contributed by atoms with van der Waals surface area (Å²) in [5, 5.41) is 19.6. The number of ether oxygens (including phenoxy) is 1. The summed E-state index contributed by atoms with van der Waals surface area (Å²) in [5.74, 6) is -6.40. The standard InChI is InChI=1S/C23H20F6N6O3/c1-14(22(37,9-33-12-30-11-31-33)18-7-2-15(24)8-19(18)25)35-21(36)34(13-32-35)16-3-5-17(6-4-16)38-10-23(28,29)20(26)27/h2-8,11-14,20,37H,9-10H2,1H3/t14-,22-/m0/s1. The first-order valence-electron chi connectivity index (χ1n) is 11.0. The highest BCUT2D eigenvalue weighted by Gasteiger charge is 2.42. The Bertz CT molecular complexity index is 1440.